The fourth-order valence-electron chi connectivity index (χ4n) is 4.06. The van der Waals surface area contributed by atoms with E-state index >= 15 is 0 Å². The number of hydrogen-bond donors (Lipinski definition) is 3. The van der Waals surface area contributed by atoms with Gasteiger partial charge >= 0.3 is 5.97 Å². The molecule has 0 spiro atoms. The first-order chi connectivity index (χ1) is 17.2. The van der Waals surface area contributed by atoms with E-state index < -0.39 is 52.8 Å². The Morgan fingerprint density at radius 1 is 0.917 bits per heavy atom. The quantitative estimate of drug-likeness (QED) is 0.380. The van der Waals surface area contributed by atoms with Crippen LogP contribution in [0.15, 0.2) is 36.4 Å². The van der Waals surface area contributed by atoms with Crippen molar-refractivity contribution in [2.24, 2.45) is 5.92 Å². The predicted octanol–water partition coefficient (Wildman–Crippen LogP) is 4.50. The van der Waals surface area contributed by atoms with E-state index in [2.05, 4.69) is 10.6 Å². The van der Waals surface area contributed by atoms with Crippen molar-refractivity contribution in [3.05, 3.63) is 64.3 Å². The lowest BCUT2D eigenvalue weighted by Gasteiger charge is -2.27. The van der Waals surface area contributed by atoms with Crippen LogP contribution in [0.5, 0.6) is 5.75 Å². The highest BCUT2D eigenvalue weighted by molar-refractivity contribution is 7.20. The molecule has 0 aliphatic heterocycles. The smallest absolute Gasteiger partial charge is 0.306 e. The summed E-state index contributed by atoms with van der Waals surface area (Å²) in [6, 6.07) is 8.13. The van der Waals surface area contributed by atoms with Crippen LogP contribution < -0.4 is 15.4 Å². The first-order valence-electron chi connectivity index (χ1n) is 11.4. The van der Waals surface area contributed by atoms with Crippen molar-refractivity contribution in [1.29, 1.82) is 0 Å². The molecule has 4 rings (SSSR count). The number of carbonyl (C=O) groups is 3. The highest BCUT2D eigenvalue weighted by Gasteiger charge is 2.28. The van der Waals surface area contributed by atoms with Gasteiger partial charge in [0.05, 0.1) is 22.5 Å². The van der Waals surface area contributed by atoms with E-state index in [4.69, 9.17) is 9.84 Å². The lowest BCUT2D eigenvalue weighted by atomic mass is 9.87. The Kier molecular flexibility index (Phi) is 7.78. The van der Waals surface area contributed by atoms with Crippen LogP contribution in [0.1, 0.15) is 45.7 Å². The summed E-state index contributed by atoms with van der Waals surface area (Å²) in [6.07, 6.45) is 1.16. The SMILES string of the molecule is O=C(NCCNC(=O)c1ccc(O[C@H]2CC[C@@H](C(=O)O)CC2)c(F)c1F)c1cc2ccc(F)cc2s1. The average Bonchev–Trinajstić information content (AvgIpc) is 3.28. The van der Waals surface area contributed by atoms with Crippen LogP contribution in [0, 0.1) is 23.4 Å². The molecule has 7 nitrogen and oxygen atoms in total. The number of carbonyl (C=O) groups excluding carboxylic acids is 2. The number of halogens is 3. The van der Waals surface area contributed by atoms with Crippen molar-refractivity contribution >= 4 is 39.2 Å². The summed E-state index contributed by atoms with van der Waals surface area (Å²) in [6.45, 7) is 0.00766. The van der Waals surface area contributed by atoms with Crippen molar-refractivity contribution in [2.45, 2.75) is 31.8 Å². The molecule has 1 aliphatic rings. The second-order valence-electron chi connectivity index (χ2n) is 8.47. The van der Waals surface area contributed by atoms with E-state index in [0.29, 0.717) is 35.3 Å². The third-order valence-electron chi connectivity index (χ3n) is 6.01. The summed E-state index contributed by atoms with van der Waals surface area (Å²) < 4.78 is 48.5. The van der Waals surface area contributed by atoms with Crippen LogP contribution in [0.3, 0.4) is 0 Å². The van der Waals surface area contributed by atoms with Gasteiger partial charge in [-0.1, -0.05) is 6.07 Å². The molecule has 190 valence electrons. The van der Waals surface area contributed by atoms with E-state index in [0.717, 1.165) is 22.8 Å². The second kappa shape index (κ2) is 11.0. The zero-order valence-electron chi connectivity index (χ0n) is 19.0. The van der Waals surface area contributed by atoms with E-state index in [-0.39, 0.29) is 18.8 Å². The van der Waals surface area contributed by atoms with Crippen molar-refractivity contribution in [2.75, 3.05) is 13.1 Å². The average molecular weight is 521 g/mol. The Bertz CT molecular complexity index is 1300. The van der Waals surface area contributed by atoms with Gasteiger partial charge in [-0.15, -0.1) is 11.3 Å². The fraction of sp³-hybridized carbons (Fsp3) is 0.320. The third-order valence-corrected chi connectivity index (χ3v) is 7.11. The molecule has 2 aromatic carbocycles. The number of fused-ring (bicyclic) bond motifs is 1. The van der Waals surface area contributed by atoms with Gasteiger partial charge in [0.2, 0.25) is 5.82 Å². The van der Waals surface area contributed by atoms with E-state index in [9.17, 15) is 27.6 Å². The van der Waals surface area contributed by atoms with Gasteiger partial charge in [-0.05, 0) is 61.4 Å². The molecule has 36 heavy (non-hydrogen) atoms. The summed E-state index contributed by atoms with van der Waals surface area (Å²) >= 11 is 1.13. The summed E-state index contributed by atoms with van der Waals surface area (Å²) in [4.78, 5) is 36.0. The minimum Gasteiger partial charge on any atom is -0.487 e. The first kappa shape index (κ1) is 25.5. The van der Waals surface area contributed by atoms with Crippen LogP contribution in [-0.4, -0.2) is 42.1 Å². The number of aliphatic carboxylic acids is 1. The van der Waals surface area contributed by atoms with Crippen molar-refractivity contribution in [1.82, 2.24) is 10.6 Å². The third kappa shape index (κ3) is 5.78. The Balaban J connectivity index is 1.27. The van der Waals surface area contributed by atoms with Crippen LogP contribution in [0.2, 0.25) is 0 Å². The minimum absolute atomic E-state index is 0.0315. The molecule has 3 N–H and O–H groups in total. The van der Waals surface area contributed by atoms with Crippen LogP contribution in [0.4, 0.5) is 13.2 Å². The molecule has 1 fully saturated rings. The van der Waals surface area contributed by atoms with Gasteiger partial charge in [-0.2, -0.15) is 4.39 Å². The maximum absolute atomic E-state index is 14.5. The number of amides is 2. The van der Waals surface area contributed by atoms with E-state index in [1.165, 1.54) is 18.2 Å². The summed E-state index contributed by atoms with van der Waals surface area (Å²) in [5.41, 5.74) is -0.507. The number of carboxylic acid groups (broad SMARTS) is 1. The Morgan fingerprint density at radius 2 is 1.61 bits per heavy atom. The molecular weight excluding hydrogens is 497 g/mol. The number of nitrogens with one attached hydrogen (secondary N) is 2. The normalized spacial score (nSPS) is 17.5. The lowest BCUT2D eigenvalue weighted by molar-refractivity contribution is -0.143. The molecule has 0 atom stereocenters. The van der Waals surface area contributed by atoms with Crippen molar-refractivity contribution in [3.63, 3.8) is 0 Å². The van der Waals surface area contributed by atoms with Gasteiger partial charge in [0.15, 0.2) is 11.6 Å². The first-order valence-corrected chi connectivity index (χ1v) is 12.2. The van der Waals surface area contributed by atoms with Gasteiger partial charge in [0.25, 0.3) is 11.8 Å². The Labute approximate surface area is 208 Å². The molecule has 1 aromatic heterocycles. The van der Waals surface area contributed by atoms with Crippen molar-refractivity contribution < 1.29 is 37.4 Å². The van der Waals surface area contributed by atoms with Crippen LogP contribution >= 0.6 is 11.3 Å². The maximum atomic E-state index is 14.5. The molecule has 0 unspecified atom stereocenters. The van der Waals surface area contributed by atoms with Gasteiger partial charge in [-0.25, -0.2) is 8.78 Å². The topological polar surface area (TPSA) is 105 Å². The number of hydrogen-bond acceptors (Lipinski definition) is 5. The van der Waals surface area contributed by atoms with Crippen molar-refractivity contribution in [3.8, 4) is 5.75 Å². The highest BCUT2D eigenvalue weighted by atomic mass is 32.1. The molecule has 0 bridgehead atoms. The van der Waals surface area contributed by atoms with Gasteiger partial charge < -0.3 is 20.5 Å². The summed E-state index contributed by atoms with van der Waals surface area (Å²) in [5.74, 6) is -5.98. The largest absolute Gasteiger partial charge is 0.487 e. The Hall–Kier alpha value is -3.60. The minimum atomic E-state index is -1.36. The lowest BCUT2D eigenvalue weighted by Crippen LogP contribution is -2.34. The summed E-state index contributed by atoms with van der Waals surface area (Å²) in [5, 5.41) is 14.8. The van der Waals surface area contributed by atoms with Gasteiger partial charge in [0.1, 0.15) is 5.82 Å². The molecule has 1 aliphatic carbocycles. The Morgan fingerprint density at radius 3 is 2.31 bits per heavy atom. The molecule has 1 heterocycles. The molecule has 1 saturated carbocycles. The monoisotopic (exact) mass is 520 g/mol. The highest BCUT2D eigenvalue weighted by Crippen LogP contribution is 2.30. The molecule has 0 saturated heterocycles. The predicted molar refractivity (Wildman–Crippen MR) is 127 cm³/mol. The number of carboxylic acids is 1. The van der Waals surface area contributed by atoms with Gasteiger partial charge in [-0.3, -0.25) is 14.4 Å². The van der Waals surface area contributed by atoms with E-state index in [1.807, 2.05) is 0 Å². The van der Waals surface area contributed by atoms with Crippen LogP contribution in [-0.2, 0) is 4.79 Å². The summed E-state index contributed by atoms with van der Waals surface area (Å²) in [7, 11) is 0. The molecule has 2 amide bonds. The molecule has 3 aromatic rings. The number of thiophene rings is 1. The number of rotatable bonds is 8. The zero-order valence-corrected chi connectivity index (χ0v) is 19.8. The molecular formula is C25H23F3N2O5S. The second-order valence-corrected chi connectivity index (χ2v) is 9.56. The van der Waals surface area contributed by atoms with Crippen LogP contribution in [0.25, 0.3) is 10.1 Å². The molecule has 11 heteroatoms. The molecule has 0 radical (unpaired) electrons. The zero-order chi connectivity index (χ0) is 25.8. The van der Waals surface area contributed by atoms with Gasteiger partial charge in [0, 0.05) is 17.8 Å². The number of ether oxygens (including phenoxy) is 1. The van der Waals surface area contributed by atoms with E-state index in [1.54, 1.807) is 12.1 Å². The number of benzene rings is 2. The standard InChI is InChI=1S/C25H23F3N2O5S/c26-15-4-1-14-11-20(36-19(14)12-15)24(32)30-10-9-29-23(31)17-7-8-18(22(28)21(17)27)35-16-5-2-13(3-6-16)25(33)34/h1,4,7-8,11-13,16H,2-3,5-6,9-10H2,(H,29,31)(H,30,32)(H,33,34)/t13-,16+. The fourth-order valence-corrected chi connectivity index (χ4v) is 5.06. The maximum Gasteiger partial charge on any atom is 0.306 e.